The Bertz CT molecular complexity index is 888. The van der Waals surface area contributed by atoms with Gasteiger partial charge < -0.3 is 14.5 Å². The van der Waals surface area contributed by atoms with Crippen molar-refractivity contribution in [3.8, 4) is 17.1 Å². The van der Waals surface area contributed by atoms with E-state index in [9.17, 15) is 18.0 Å². The van der Waals surface area contributed by atoms with Crippen molar-refractivity contribution in [3.05, 3.63) is 53.8 Å². The van der Waals surface area contributed by atoms with E-state index < -0.39 is 18.3 Å². The Balaban J connectivity index is 2.29. The van der Waals surface area contributed by atoms with Crippen molar-refractivity contribution in [2.45, 2.75) is 6.61 Å². The molecule has 0 saturated carbocycles. The van der Waals surface area contributed by atoms with Crippen LogP contribution in [0.2, 0.25) is 0 Å². The molecule has 1 aromatic heterocycles. The second kappa shape index (κ2) is 6.27. The van der Waals surface area contributed by atoms with Gasteiger partial charge in [-0.3, -0.25) is 4.79 Å². The molecule has 0 aliphatic carbocycles. The van der Waals surface area contributed by atoms with Crippen LogP contribution in [0.3, 0.4) is 0 Å². The SMILES string of the molecule is CNC(=O)c1c(-c2ccc(F)cc2)oc2cccc(OC(F)F)c12. The minimum Gasteiger partial charge on any atom is -0.455 e. The Morgan fingerprint density at radius 2 is 1.88 bits per heavy atom. The molecule has 0 unspecified atom stereocenters. The average Bonchev–Trinajstić information content (AvgIpc) is 2.95. The van der Waals surface area contributed by atoms with Gasteiger partial charge in [0.15, 0.2) is 0 Å². The van der Waals surface area contributed by atoms with E-state index in [1.54, 1.807) is 0 Å². The Kier molecular flexibility index (Phi) is 4.16. The van der Waals surface area contributed by atoms with Crippen LogP contribution >= 0.6 is 0 Å². The van der Waals surface area contributed by atoms with E-state index in [4.69, 9.17) is 4.42 Å². The first-order valence-corrected chi connectivity index (χ1v) is 6.99. The van der Waals surface area contributed by atoms with E-state index in [2.05, 4.69) is 10.1 Å². The molecule has 124 valence electrons. The molecule has 2 aromatic carbocycles. The van der Waals surface area contributed by atoms with Gasteiger partial charge in [-0.2, -0.15) is 8.78 Å². The molecule has 24 heavy (non-hydrogen) atoms. The third-order valence-corrected chi connectivity index (χ3v) is 3.45. The van der Waals surface area contributed by atoms with Gasteiger partial charge in [-0.05, 0) is 36.4 Å². The number of hydrogen-bond acceptors (Lipinski definition) is 3. The highest BCUT2D eigenvalue weighted by Gasteiger charge is 2.25. The van der Waals surface area contributed by atoms with Gasteiger partial charge in [0.2, 0.25) is 0 Å². The van der Waals surface area contributed by atoms with Gasteiger partial charge in [0, 0.05) is 12.6 Å². The second-order valence-electron chi connectivity index (χ2n) is 4.90. The smallest absolute Gasteiger partial charge is 0.387 e. The van der Waals surface area contributed by atoms with Gasteiger partial charge in [-0.1, -0.05) is 6.07 Å². The highest BCUT2D eigenvalue weighted by Crippen LogP contribution is 2.39. The zero-order valence-electron chi connectivity index (χ0n) is 12.5. The minimum absolute atomic E-state index is 0.0513. The molecule has 3 aromatic rings. The van der Waals surface area contributed by atoms with Crippen molar-refractivity contribution in [1.29, 1.82) is 0 Å². The topological polar surface area (TPSA) is 51.5 Å². The number of amides is 1. The maximum atomic E-state index is 13.1. The molecule has 1 amide bonds. The number of rotatable bonds is 4. The third-order valence-electron chi connectivity index (χ3n) is 3.45. The molecule has 1 heterocycles. The summed E-state index contributed by atoms with van der Waals surface area (Å²) in [4.78, 5) is 12.3. The monoisotopic (exact) mass is 335 g/mol. The van der Waals surface area contributed by atoms with E-state index in [1.165, 1.54) is 49.5 Å². The molecular formula is C17H12F3NO3. The summed E-state index contributed by atoms with van der Waals surface area (Å²) in [7, 11) is 1.41. The van der Waals surface area contributed by atoms with E-state index >= 15 is 0 Å². The predicted octanol–water partition coefficient (Wildman–Crippen LogP) is 4.20. The fourth-order valence-corrected chi connectivity index (χ4v) is 2.46. The van der Waals surface area contributed by atoms with Crippen LogP contribution in [0.15, 0.2) is 46.9 Å². The molecule has 0 fully saturated rings. The van der Waals surface area contributed by atoms with Crippen molar-refractivity contribution in [1.82, 2.24) is 5.32 Å². The molecule has 0 aliphatic rings. The van der Waals surface area contributed by atoms with Gasteiger partial charge >= 0.3 is 6.61 Å². The lowest BCUT2D eigenvalue weighted by Crippen LogP contribution is -2.18. The van der Waals surface area contributed by atoms with Crippen molar-refractivity contribution in [2.75, 3.05) is 7.05 Å². The lowest BCUT2D eigenvalue weighted by atomic mass is 10.0. The quantitative estimate of drug-likeness (QED) is 0.777. The predicted molar refractivity (Wildman–Crippen MR) is 81.6 cm³/mol. The first-order valence-electron chi connectivity index (χ1n) is 6.99. The molecule has 1 N–H and O–H groups in total. The Morgan fingerprint density at radius 1 is 1.17 bits per heavy atom. The van der Waals surface area contributed by atoms with Gasteiger partial charge in [0.1, 0.15) is 22.9 Å². The molecule has 0 aliphatic heterocycles. The van der Waals surface area contributed by atoms with Crippen LogP contribution in [0.1, 0.15) is 10.4 Å². The highest BCUT2D eigenvalue weighted by molar-refractivity contribution is 6.13. The summed E-state index contributed by atoms with van der Waals surface area (Å²) < 4.78 is 48.6. The fraction of sp³-hybridized carbons (Fsp3) is 0.118. The van der Waals surface area contributed by atoms with E-state index in [0.717, 1.165) is 0 Å². The molecular weight excluding hydrogens is 323 g/mol. The lowest BCUT2D eigenvalue weighted by molar-refractivity contribution is -0.0488. The summed E-state index contributed by atoms with van der Waals surface area (Å²) in [6.07, 6.45) is 0. The lowest BCUT2D eigenvalue weighted by Gasteiger charge is -2.07. The summed E-state index contributed by atoms with van der Waals surface area (Å²) in [5.74, 6) is -0.996. The number of furan rings is 1. The Hall–Kier alpha value is -2.96. The molecule has 7 heteroatoms. The highest BCUT2D eigenvalue weighted by atomic mass is 19.3. The first-order chi connectivity index (χ1) is 11.5. The molecule has 0 saturated heterocycles. The third kappa shape index (κ3) is 2.80. The largest absolute Gasteiger partial charge is 0.455 e. The second-order valence-corrected chi connectivity index (χ2v) is 4.90. The van der Waals surface area contributed by atoms with Crippen LogP contribution in [0.25, 0.3) is 22.3 Å². The minimum atomic E-state index is -3.04. The number of benzene rings is 2. The van der Waals surface area contributed by atoms with Crippen molar-refractivity contribution in [3.63, 3.8) is 0 Å². The summed E-state index contributed by atoms with van der Waals surface area (Å²) >= 11 is 0. The number of carbonyl (C=O) groups excluding carboxylic acids is 1. The summed E-state index contributed by atoms with van der Waals surface area (Å²) in [5, 5.41) is 2.58. The normalized spacial score (nSPS) is 11.0. The first kappa shape index (κ1) is 15.9. The van der Waals surface area contributed by atoms with E-state index in [0.29, 0.717) is 5.56 Å². The summed E-state index contributed by atoms with van der Waals surface area (Å²) in [5.41, 5.74) is 0.704. The van der Waals surface area contributed by atoms with Crippen LogP contribution in [0, 0.1) is 5.82 Å². The van der Waals surface area contributed by atoms with Crippen molar-refractivity contribution >= 4 is 16.9 Å². The number of carbonyl (C=O) groups is 1. The Labute approximate surface area is 134 Å². The number of fused-ring (bicyclic) bond motifs is 1. The zero-order chi connectivity index (χ0) is 17.3. The molecule has 4 nitrogen and oxygen atoms in total. The van der Waals surface area contributed by atoms with Crippen molar-refractivity contribution in [2.24, 2.45) is 0 Å². The zero-order valence-corrected chi connectivity index (χ0v) is 12.5. The number of ether oxygens (including phenoxy) is 1. The van der Waals surface area contributed by atoms with Crippen LogP contribution in [-0.2, 0) is 0 Å². The number of nitrogens with one attached hydrogen (secondary N) is 1. The maximum absolute atomic E-state index is 13.1. The number of alkyl halides is 2. The van der Waals surface area contributed by atoms with Crippen LogP contribution in [-0.4, -0.2) is 19.6 Å². The van der Waals surface area contributed by atoms with E-state index in [-0.39, 0.29) is 28.0 Å². The average molecular weight is 335 g/mol. The number of hydrogen-bond donors (Lipinski definition) is 1. The van der Waals surface area contributed by atoms with Gasteiger partial charge in [0.25, 0.3) is 5.91 Å². The Morgan fingerprint density at radius 3 is 2.50 bits per heavy atom. The molecule has 0 radical (unpaired) electrons. The standard InChI is InChI=1S/C17H12F3NO3/c1-21-16(22)14-13-11(3-2-4-12(13)24-17(19)20)23-15(14)9-5-7-10(18)8-6-9/h2-8,17H,1H3,(H,21,22). The maximum Gasteiger partial charge on any atom is 0.387 e. The number of halogens is 3. The molecule has 3 rings (SSSR count). The summed E-state index contributed by atoms with van der Waals surface area (Å²) in [6.45, 7) is -3.04. The van der Waals surface area contributed by atoms with Gasteiger partial charge in [-0.15, -0.1) is 0 Å². The van der Waals surface area contributed by atoms with Crippen LogP contribution < -0.4 is 10.1 Å². The van der Waals surface area contributed by atoms with Crippen LogP contribution in [0.4, 0.5) is 13.2 Å². The van der Waals surface area contributed by atoms with E-state index in [1.807, 2.05) is 0 Å². The van der Waals surface area contributed by atoms with Crippen molar-refractivity contribution < 1.29 is 27.1 Å². The van der Waals surface area contributed by atoms with Crippen LogP contribution in [0.5, 0.6) is 5.75 Å². The molecule has 0 bridgehead atoms. The fourth-order valence-electron chi connectivity index (χ4n) is 2.46. The molecule has 0 atom stereocenters. The summed E-state index contributed by atoms with van der Waals surface area (Å²) in [6, 6.07) is 9.64. The molecule has 0 spiro atoms. The van der Waals surface area contributed by atoms with Gasteiger partial charge in [0.05, 0.1) is 10.9 Å². The van der Waals surface area contributed by atoms with Gasteiger partial charge in [-0.25, -0.2) is 4.39 Å².